The summed E-state index contributed by atoms with van der Waals surface area (Å²) in [4.78, 5) is 4.29. The summed E-state index contributed by atoms with van der Waals surface area (Å²) >= 11 is 0. The number of ether oxygens (including phenoxy) is 1. The lowest BCUT2D eigenvalue weighted by atomic mass is 9.67. The third-order valence-corrected chi connectivity index (χ3v) is 4.26. The summed E-state index contributed by atoms with van der Waals surface area (Å²) in [6, 6.07) is 0. The first-order valence-electron chi connectivity index (χ1n) is 6.98. The Hall–Kier alpha value is -0.870. The Kier molecular flexibility index (Phi) is 4.78. The molecule has 0 saturated heterocycles. The van der Waals surface area contributed by atoms with Gasteiger partial charge in [-0.15, -0.1) is 0 Å². The van der Waals surface area contributed by atoms with Crippen LogP contribution in [0.25, 0.3) is 0 Å². The van der Waals surface area contributed by atoms with Crippen molar-refractivity contribution in [2.24, 2.45) is 5.41 Å². The van der Waals surface area contributed by atoms with Gasteiger partial charge in [0.15, 0.2) is 0 Å². The molecule has 1 aliphatic rings. The van der Waals surface area contributed by atoms with E-state index in [-0.39, 0.29) is 0 Å². The van der Waals surface area contributed by atoms with E-state index in [0.717, 1.165) is 26.2 Å². The lowest BCUT2D eigenvalue weighted by Gasteiger charge is -2.41. The average Bonchev–Trinajstić information content (AvgIpc) is 2.77. The van der Waals surface area contributed by atoms with E-state index in [0.29, 0.717) is 5.41 Å². The average molecular weight is 251 g/mol. The highest BCUT2D eigenvalue weighted by atomic mass is 16.5. The largest absolute Gasteiger partial charge is 0.383 e. The molecule has 0 amide bonds. The van der Waals surface area contributed by atoms with E-state index in [1.165, 1.54) is 31.4 Å². The van der Waals surface area contributed by atoms with Crippen LogP contribution in [0.4, 0.5) is 0 Å². The Morgan fingerprint density at radius 1 is 1.50 bits per heavy atom. The summed E-state index contributed by atoms with van der Waals surface area (Å²) in [7, 11) is 1.73. The molecule has 1 aliphatic carbocycles. The quantitative estimate of drug-likeness (QED) is 0.720. The number of nitrogens with one attached hydrogen (secondary N) is 1. The van der Waals surface area contributed by atoms with E-state index in [9.17, 15) is 0 Å². The van der Waals surface area contributed by atoms with Crippen LogP contribution in [0.15, 0.2) is 12.5 Å². The van der Waals surface area contributed by atoms with Gasteiger partial charge in [-0.3, -0.25) is 0 Å². The molecule has 4 heteroatoms. The van der Waals surface area contributed by atoms with Crippen molar-refractivity contribution in [1.29, 1.82) is 0 Å². The zero-order valence-electron chi connectivity index (χ0n) is 11.6. The lowest BCUT2D eigenvalue weighted by Crippen LogP contribution is -2.34. The number of methoxy groups -OCH3 is 1. The molecule has 0 spiro atoms. The molecule has 1 fully saturated rings. The first kappa shape index (κ1) is 13.6. The van der Waals surface area contributed by atoms with Crippen LogP contribution in [0, 0.1) is 5.41 Å². The highest BCUT2D eigenvalue weighted by Crippen LogP contribution is 2.45. The Morgan fingerprint density at radius 2 is 2.33 bits per heavy atom. The van der Waals surface area contributed by atoms with Crippen LogP contribution >= 0.6 is 0 Å². The molecule has 0 unspecified atom stereocenters. The highest BCUT2D eigenvalue weighted by Gasteiger charge is 2.35. The van der Waals surface area contributed by atoms with Crippen molar-refractivity contribution in [3.63, 3.8) is 0 Å². The molecule has 1 aromatic heterocycles. The van der Waals surface area contributed by atoms with Gasteiger partial charge in [0.25, 0.3) is 0 Å². The normalized spacial score (nSPS) is 17.7. The Balaban J connectivity index is 1.87. The number of aromatic nitrogens is 2. The Labute approximate surface area is 110 Å². The molecule has 102 valence electrons. The summed E-state index contributed by atoms with van der Waals surface area (Å²) in [5, 5.41) is 3.38. The van der Waals surface area contributed by atoms with Crippen molar-refractivity contribution in [3.05, 3.63) is 18.2 Å². The monoisotopic (exact) mass is 251 g/mol. The molecule has 0 atom stereocenters. The van der Waals surface area contributed by atoms with Gasteiger partial charge in [-0.2, -0.15) is 0 Å². The summed E-state index contributed by atoms with van der Waals surface area (Å²) in [5.74, 6) is 0. The molecule has 1 N–H and O–H groups in total. The zero-order chi connectivity index (χ0) is 12.8. The number of hydrogen-bond donors (Lipinski definition) is 1. The van der Waals surface area contributed by atoms with Crippen LogP contribution in [0.1, 0.15) is 38.3 Å². The smallest absolute Gasteiger partial charge is 0.0948 e. The van der Waals surface area contributed by atoms with Crippen molar-refractivity contribution < 1.29 is 4.74 Å². The third kappa shape index (κ3) is 3.12. The molecule has 4 nitrogen and oxygen atoms in total. The Morgan fingerprint density at radius 3 is 2.94 bits per heavy atom. The maximum absolute atomic E-state index is 5.03. The molecule has 1 aromatic rings. The fraction of sp³-hybridized carbons (Fsp3) is 0.786. The first-order valence-corrected chi connectivity index (χ1v) is 6.98. The van der Waals surface area contributed by atoms with Gasteiger partial charge in [-0.1, -0.05) is 13.3 Å². The molecule has 0 aliphatic heterocycles. The van der Waals surface area contributed by atoms with Gasteiger partial charge < -0.3 is 14.6 Å². The highest BCUT2D eigenvalue weighted by molar-refractivity contribution is 5.00. The van der Waals surface area contributed by atoms with Gasteiger partial charge in [0.2, 0.25) is 0 Å². The molecule has 18 heavy (non-hydrogen) atoms. The second-order valence-corrected chi connectivity index (χ2v) is 5.39. The molecule has 1 saturated carbocycles. The standard InChI is InChI=1S/C14H25N3O/c1-3-14(5-4-6-14)11-17-12-16-10-13(17)9-15-7-8-18-2/h10,12,15H,3-9,11H2,1-2H3. The van der Waals surface area contributed by atoms with Crippen LogP contribution in [0.5, 0.6) is 0 Å². The number of rotatable bonds is 8. The van der Waals surface area contributed by atoms with E-state index in [4.69, 9.17) is 4.74 Å². The van der Waals surface area contributed by atoms with E-state index < -0.39 is 0 Å². The summed E-state index contributed by atoms with van der Waals surface area (Å²) in [6.45, 7) is 5.97. The van der Waals surface area contributed by atoms with E-state index in [1.54, 1.807) is 7.11 Å². The van der Waals surface area contributed by atoms with Crippen molar-refractivity contribution in [2.75, 3.05) is 20.3 Å². The topological polar surface area (TPSA) is 39.1 Å². The summed E-state index contributed by atoms with van der Waals surface area (Å²) in [5.41, 5.74) is 1.83. The van der Waals surface area contributed by atoms with Gasteiger partial charge in [-0.05, 0) is 24.7 Å². The molecule has 0 radical (unpaired) electrons. The fourth-order valence-corrected chi connectivity index (χ4v) is 2.69. The van der Waals surface area contributed by atoms with E-state index in [2.05, 4.69) is 21.8 Å². The minimum absolute atomic E-state index is 0.544. The molecule has 2 rings (SSSR count). The van der Waals surface area contributed by atoms with Crippen LogP contribution in [0.2, 0.25) is 0 Å². The Bertz CT molecular complexity index is 352. The van der Waals surface area contributed by atoms with Crippen LogP contribution in [-0.2, 0) is 17.8 Å². The fourth-order valence-electron chi connectivity index (χ4n) is 2.69. The molecular weight excluding hydrogens is 226 g/mol. The van der Waals surface area contributed by atoms with E-state index >= 15 is 0 Å². The maximum atomic E-state index is 5.03. The van der Waals surface area contributed by atoms with Gasteiger partial charge in [0.1, 0.15) is 0 Å². The van der Waals surface area contributed by atoms with Gasteiger partial charge in [0, 0.05) is 32.9 Å². The predicted molar refractivity (Wildman–Crippen MR) is 72.4 cm³/mol. The van der Waals surface area contributed by atoms with Crippen molar-refractivity contribution in [1.82, 2.24) is 14.9 Å². The van der Waals surface area contributed by atoms with Crippen molar-refractivity contribution in [2.45, 2.75) is 45.7 Å². The number of imidazole rings is 1. The number of hydrogen-bond acceptors (Lipinski definition) is 3. The SMILES string of the molecule is CCC1(Cn2cncc2CNCCOC)CCC1. The first-order chi connectivity index (χ1) is 8.79. The molecular formula is C14H25N3O. The van der Waals surface area contributed by atoms with Gasteiger partial charge in [0.05, 0.1) is 18.6 Å². The summed E-state index contributed by atoms with van der Waals surface area (Å²) in [6.07, 6.45) is 9.37. The van der Waals surface area contributed by atoms with Crippen LogP contribution in [0.3, 0.4) is 0 Å². The zero-order valence-corrected chi connectivity index (χ0v) is 11.6. The minimum Gasteiger partial charge on any atom is -0.383 e. The molecule has 1 heterocycles. The third-order valence-electron chi connectivity index (χ3n) is 4.26. The van der Waals surface area contributed by atoms with Crippen LogP contribution in [-0.4, -0.2) is 29.8 Å². The minimum atomic E-state index is 0.544. The second kappa shape index (κ2) is 6.34. The maximum Gasteiger partial charge on any atom is 0.0948 e. The molecule has 0 aromatic carbocycles. The van der Waals surface area contributed by atoms with Crippen LogP contribution < -0.4 is 5.32 Å². The second-order valence-electron chi connectivity index (χ2n) is 5.39. The van der Waals surface area contributed by atoms with Crippen molar-refractivity contribution >= 4 is 0 Å². The van der Waals surface area contributed by atoms with E-state index in [1.807, 2.05) is 12.5 Å². The molecule has 0 bridgehead atoms. The summed E-state index contributed by atoms with van der Waals surface area (Å²) < 4.78 is 7.35. The lowest BCUT2D eigenvalue weighted by molar-refractivity contribution is 0.0989. The number of nitrogens with zero attached hydrogens (tertiary/aromatic N) is 2. The van der Waals surface area contributed by atoms with Gasteiger partial charge in [-0.25, -0.2) is 4.98 Å². The van der Waals surface area contributed by atoms with Crippen molar-refractivity contribution in [3.8, 4) is 0 Å². The predicted octanol–water partition coefficient (Wildman–Crippen LogP) is 2.20. The van der Waals surface area contributed by atoms with Gasteiger partial charge >= 0.3 is 0 Å².